The zero-order valence-corrected chi connectivity index (χ0v) is 11.6. The Labute approximate surface area is 117 Å². The van der Waals surface area contributed by atoms with Gasteiger partial charge in [0.2, 0.25) is 10.0 Å². The molecule has 0 saturated carbocycles. The van der Waals surface area contributed by atoms with Gasteiger partial charge < -0.3 is 9.47 Å². The number of primary sulfonamides is 1. The smallest absolute Gasteiger partial charge is 0.238 e. The first-order valence-corrected chi connectivity index (χ1v) is 7.89. The van der Waals surface area contributed by atoms with Gasteiger partial charge in [0.15, 0.2) is 0 Å². The summed E-state index contributed by atoms with van der Waals surface area (Å²) in [5.74, 6) is 0.656. The molecule has 2 aromatic rings. The van der Waals surface area contributed by atoms with Crippen LogP contribution in [0, 0.1) is 0 Å². The van der Waals surface area contributed by atoms with Crippen molar-refractivity contribution in [2.45, 2.75) is 17.4 Å². The third kappa shape index (κ3) is 2.49. The molecule has 1 fully saturated rings. The van der Waals surface area contributed by atoms with Gasteiger partial charge in [-0.25, -0.2) is 13.6 Å². The summed E-state index contributed by atoms with van der Waals surface area (Å²) in [6, 6.07) is 10.3. The molecule has 1 aliphatic rings. The van der Waals surface area contributed by atoms with E-state index in [-0.39, 0.29) is 11.0 Å². The highest BCUT2D eigenvalue weighted by atomic mass is 32.2. The van der Waals surface area contributed by atoms with Gasteiger partial charge in [-0.3, -0.25) is 0 Å². The Bertz CT molecular complexity index is 736. The lowest BCUT2D eigenvalue weighted by Crippen LogP contribution is -2.16. The maximum atomic E-state index is 11.6. The van der Waals surface area contributed by atoms with Crippen LogP contribution >= 0.6 is 0 Å². The maximum absolute atomic E-state index is 11.6. The molecule has 20 heavy (non-hydrogen) atoms. The molecule has 6 heteroatoms. The Balaban J connectivity index is 2.11. The molecule has 0 aromatic heterocycles. The van der Waals surface area contributed by atoms with Crippen LogP contribution in [0.2, 0.25) is 0 Å². The average molecular weight is 293 g/mol. The van der Waals surface area contributed by atoms with E-state index in [0.717, 1.165) is 11.8 Å². The summed E-state index contributed by atoms with van der Waals surface area (Å²) in [6.45, 7) is 1.25. The van der Waals surface area contributed by atoms with E-state index in [4.69, 9.17) is 14.6 Å². The lowest BCUT2D eigenvalue weighted by Gasteiger charge is -2.15. The second-order valence-corrected chi connectivity index (χ2v) is 6.29. The van der Waals surface area contributed by atoms with Crippen molar-refractivity contribution < 1.29 is 17.9 Å². The number of fused-ring (bicyclic) bond motifs is 1. The highest BCUT2D eigenvalue weighted by Crippen LogP contribution is 2.31. The normalized spacial score (nSPS) is 19.4. The number of hydrogen-bond donors (Lipinski definition) is 1. The summed E-state index contributed by atoms with van der Waals surface area (Å²) in [5.41, 5.74) is 0. The molecule has 2 aromatic carbocycles. The second-order valence-electron chi connectivity index (χ2n) is 4.76. The Hall–Kier alpha value is -1.63. The van der Waals surface area contributed by atoms with Crippen molar-refractivity contribution in [3.05, 3.63) is 36.4 Å². The first-order valence-electron chi connectivity index (χ1n) is 6.34. The van der Waals surface area contributed by atoms with Gasteiger partial charge in [0.05, 0.1) is 18.1 Å². The molecule has 0 radical (unpaired) electrons. The molecule has 0 amide bonds. The van der Waals surface area contributed by atoms with E-state index in [1.807, 2.05) is 12.1 Å². The quantitative estimate of drug-likeness (QED) is 0.933. The Kier molecular flexibility index (Phi) is 3.37. The minimum atomic E-state index is -3.75. The average Bonchev–Trinajstić information content (AvgIpc) is 2.90. The van der Waals surface area contributed by atoms with Crippen LogP contribution < -0.4 is 9.88 Å². The zero-order chi connectivity index (χ0) is 14.2. The van der Waals surface area contributed by atoms with Crippen molar-refractivity contribution >= 4 is 20.8 Å². The Morgan fingerprint density at radius 2 is 1.90 bits per heavy atom. The topological polar surface area (TPSA) is 78.6 Å². The Morgan fingerprint density at radius 1 is 1.15 bits per heavy atom. The van der Waals surface area contributed by atoms with Gasteiger partial charge in [-0.2, -0.15) is 0 Å². The number of rotatable bonds is 3. The van der Waals surface area contributed by atoms with Gasteiger partial charge in [0.1, 0.15) is 11.9 Å². The first kappa shape index (κ1) is 13.4. The van der Waals surface area contributed by atoms with Crippen molar-refractivity contribution in [3.8, 4) is 5.75 Å². The van der Waals surface area contributed by atoms with Crippen LogP contribution in [0.4, 0.5) is 0 Å². The fourth-order valence-electron chi connectivity index (χ4n) is 2.38. The van der Waals surface area contributed by atoms with Crippen LogP contribution in [-0.2, 0) is 14.8 Å². The molecular weight excluding hydrogens is 278 g/mol. The fourth-order valence-corrected chi connectivity index (χ4v) is 3.12. The third-order valence-corrected chi connectivity index (χ3v) is 4.30. The van der Waals surface area contributed by atoms with Gasteiger partial charge in [0.25, 0.3) is 0 Å². The summed E-state index contributed by atoms with van der Waals surface area (Å²) in [4.78, 5) is 0.114. The van der Waals surface area contributed by atoms with E-state index in [9.17, 15) is 8.42 Å². The molecule has 5 nitrogen and oxygen atoms in total. The van der Waals surface area contributed by atoms with Crippen LogP contribution in [0.3, 0.4) is 0 Å². The molecule has 0 spiro atoms. The summed E-state index contributed by atoms with van der Waals surface area (Å²) in [7, 11) is -3.75. The van der Waals surface area contributed by atoms with Crippen molar-refractivity contribution in [2.75, 3.05) is 13.2 Å². The molecule has 0 bridgehead atoms. The minimum Gasteiger partial charge on any atom is -0.487 e. The van der Waals surface area contributed by atoms with Crippen LogP contribution in [0.25, 0.3) is 10.8 Å². The predicted octanol–water partition coefficient (Wildman–Crippen LogP) is 1.65. The maximum Gasteiger partial charge on any atom is 0.238 e. The first-order chi connectivity index (χ1) is 9.55. The SMILES string of the molecule is NS(=O)(=O)c1ccc(OC2CCOC2)c2ccccc12. The zero-order valence-electron chi connectivity index (χ0n) is 10.8. The Morgan fingerprint density at radius 3 is 2.55 bits per heavy atom. The van der Waals surface area contributed by atoms with E-state index in [1.54, 1.807) is 18.2 Å². The highest BCUT2D eigenvalue weighted by Gasteiger charge is 2.20. The number of ether oxygens (including phenoxy) is 2. The lowest BCUT2D eigenvalue weighted by atomic mass is 10.1. The molecule has 106 valence electrons. The molecule has 1 saturated heterocycles. The van der Waals surface area contributed by atoms with Gasteiger partial charge in [-0.15, -0.1) is 0 Å². The summed E-state index contributed by atoms with van der Waals surface area (Å²) in [6.07, 6.45) is 0.851. The van der Waals surface area contributed by atoms with E-state index in [2.05, 4.69) is 0 Å². The fraction of sp³-hybridized carbons (Fsp3) is 0.286. The molecule has 1 unspecified atom stereocenters. The number of benzene rings is 2. The van der Waals surface area contributed by atoms with Gasteiger partial charge in [-0.1, -0.05) is 24.3 Å². The second kappa shape index (κ2) is 5.05. The molecule has 3 rings (SSSR count). The van der Waals surface area contributed by atoms with Gasteiger partial charge in [-0.05, 0) is 12.1 Å². The minimum absolute atomic E-state index is 0.0127. The van der Waals surface area contributed by atoms with Crippen molar-refractivity contribution in [1.82, 2.24) is 0 Å². The van der Waals surface area contributed by atoms with E-state index in [0.29, 0.717) is 24.3 Å². The van der Waals surface area contributed by atoms with Crippen LogP contribution in [0.15, 0.2) is 41.3 Å². The molecule has 1 heterocycles. The highest BCUT2D eigenvalue weighted by molar-refractivity contribution is 7.89. The molecule has 1 atom stereocenters. The summed E-state index contributed by atoms with van der Waals surface area (Å²) < 4.78 is 34.4. The molecule has 2 N–H and O–H groups in total. The molecule has 0 aliphatic carbocycles. The standard InChI is InChI=1S/C14H15NO4S/c15-20(16,17)14-6-5-13(19-10-7-8-18-9-10)11-3-1-2-4-12(11)14/h1-6,10H,7-9H2,(H2,15,16,17). The van der Waals surface area contributed by atoms with E-state index >= 15 is 0 Å². The van der Waals surface area contributed by atoms with Crippen molar-refractivity contribution in [2.24, 2.45) is 5.14 Å². The van der Waals surface area contributed by atoms with Crippen LogP contribution in [0.1, 0.15) is 6.42 Å². The summed E-state index contributed by atoms with van der Waals surface area (Å²) in [5, 5.41) is 6.56. The monoisotopic (exact) mass is 293 g/mol. The third-order valence-electron chi connectivity index (χ3n) is 3.33. The predicted molar refractivity (Wildman–Crippen MR) is 75.2 cm³/mol. The number of hydrogen-bond acceptors (Lipinski definition) is 4. The van der Waals surface area contributed by atoms with E-state index in [1.165, 1.54) is 6.07 Å². The molecule has 1 aliphatic heterocycles. The van der Waals surface area contributed by atoms with Crippen molar-refractivity contribution in [3.63, 3.8) is 0 Å². The van der Waals surface area contributed by atoms with Gasteiger partial charge in [0, 0.05) is 17.2 Å². The van der Waals surface area contributed by atoms with Crippen LogP contribution in [-0.4, -0.2) is 27.7 Å². The number of sulfonamides is 1. The van der Waals surface area contributed by atoms with Crippen LogP contribution in [0.5, 0.6) is 5.75 Å². The number of nitrogens with two attached hydrogens (primary N) is 1. The lowest BCUT2D eigenvalue weighted by molar-refractivity contribution is 0.142. The van der Waals surface area contributed by atoms with Gasteiger partial charge >= 0.3 is 0 Å². The van der Waals surface area contributed by atoms with Crippen molar-refractivity contribution in [1.29, 1.82) is 0 Å². The molecular formula is C14H15NO4S. The largest absolute Gasteiger partial charge is 0.487 e. The van der Waals surface area contributed by atoms with E-state index < -0.39 is 10.0 Å². The summed E-state index contributed by atoms with van der Waals surface area (Å²) >= 11 is 0.